The van der Waals surface area contributed by atoms with E-state index in [0.717, 1.165) is 48.5 Å². The average Bonchev–Trinajstić information content (AvgIpc) is 2.84. The first-order chi connectivity index (χ1) is 16.1. The molecule has 0 aromatic heterocycles. The van der Waals surface area contributed by atoms with Crippen molar-refractivity contribution in [1.82, 2.24) is 5.32 Å². The lowest BCUT2D eigenvalue weighted by Crippen LogP contribution is -2.27. The molecule has 0 spiro atoms. The van der Waals surface area contributed by atoms with E-state index in [9.17, 15) is 9.18 Å². The number of halogens is 1. The van der Waals surface area contributed by atoms with Crippen LogP contribution in [-0.4, -0.2) is 25.6 Å². The lowest BCUT2D eigenvalue weighted by atomic mass is 9.87. The number of aryl methyl sites for hydroxylation is 1. The van der Waals surface area contributed by atoms with Crippen molar-refractivity contribution in [1.29, 1.82) is 0 Å². The molecule has 1 heterocycles. The molecule has 3 aromatic carbocycles. The Balaban J connectivity index is 1.22. The van der Waals surface area contributed by atoms with Gasteiger partial charge in [0.05, 0.1) is 6.61 Å². The zero-order valence-corrected chi connectivity index (χ0v) is 19.1. The third kappa shape index (κ3) is 6.42. The standard InChI is InChI=1S/C28H31FN2O2/c1-20-4-11-25(19-27(20)23-14-16-30-17-15-23)31-28(32)3-2-18-33-26-12-7-22(8-13-26)21-5-9-24(29)10-6-21/h4-13,19,23,30H,2-3,14-18H2,1H3,(H,31,32). The SMILES string of the molecule is Cc1ccc(NC(=O)CCCOc2ccc(-c3ccc(F)cc3)cc2)cc1C1CCNCC1. The fourth-order valence-electron chi connectivity index (χ4n) is 4.32. The first-order valence-electron chi connectivity index (χ1n) is 11.7. The van der Waals surface area contributed by atoms with E-state index in [-0.39, 0.29) is 11.7 Å². The van der Waals surface area contributed by atoms with Crippen LogP contribution < -0.4 is 15.4 Å². The molecule has 4 nitrogen and oxygen atoms in total. The average molecular weight is 447 g/mol. The highest BCUT2D eigenvalue weighted by Gasteiger charge is 2.17. The van der Waals surface area contributed by atoms with Gasteiger partial charge in [-0.05, 0) is 104 Å². The molecule has 172 valence electrons. The van der Waals surface area contributed by atoms with Gasteiger partial charge in [-0.15, -0.1) is 0 Å². The van der Waals surface area contributed by atoms with Gasteiger partial charge in [-0.1, -0.05) is 30.3 Å². The molecule has 1 aliphatic rings. The molecule has 1 fully saturated rings. The Kier molecular flexibility index (Phi) is 7.74. The van der Waals surface area contributed by atoms with Crippen LogP contribution in [0.2, 0.25) is 0 Å². The Labute approximate surface area is 195 Å². The molecular formula is C28H31FN2O2. The monoisotopic (exact) mass is 446 g/mol. The molecule has 33 heavy (non-hydrogen) atoms. The molecule has 2 N–H and O–H groups in total. The maximum atomic E-state index is 13.1. The number of carbonyl (C=O) groups excluding carboxylic acids is 1. The van der Waals surface area contributed by atoms with Gasteiger partial charge < -0.3 is 15.4 Å². The van der Waals surface area contributed by atoms with Crippen molar-refractivity contribution < 1.29 is 13.9 Å². The van der Waals surface area contributed by atoms with Crippen LogP contribution in [0.4, 0.5) is 10.1 Å². The van der Waals surface area contributed by atoms with Gasteiger partial charge in [0.1, 0.15) is 11.6 Å². The van der Waals surface area contributed by atoms with Crippen LogP contribution in [0.25, 0.3) is 11.1 Å². The Morgan fingerprint density at radius 3 is 2.36 bits per heavy atom. The predicted molar refractivity (Wildman–Crippen MR) is 131 cm³/mol. The van der Waals surface area contributed by atoms with Crippen molar-refractivity contribution in [3.8, 4) is 16.9 Å². The van der Waals surface area contributed by atoms with Crippen LogP contribution in [0.5, 0.6) is 5.75 Å². The highest BCUT2D eigenvalue weighted by molar-refractivity contribution is 5.90. The van der Waals surface area contributed by atoms with E-state index in [1.807, 2.05) is 30.3 Å². The van der Waals surface area contributed by atoms with Crippen LogP contribution in [0.1, 0.15) is 42.7 Å². The van der Waals surface area contributed by atoms with Crippen molar-refractivity contribution in [3.05, 3.63) is 83.7 Å². The minimum absolute atomic E-state index is 0.00497. The van der Waals surface area contributed by atoms with Gasteiger partial charge in [-0.2, -0.15) is 0 Å². The van der Waals surface area contributed by atoms with Gasteiger partial charge in [0.2, 0.25) is 5.91 Å². The van der Waals surface area contributed by atoms with E-state index in [2.05, 4.69) is 29.7 Å². The van der Waals surface area contributed by atoms with E-state index in [1.165, 1.54) is 23.3 Å². The van der Waals surface area contributed by atoms with Crippen LogP contribution in [0, 0.1) is 12.7 Å². The summed E-state index contributed by atoms with van der Waals surface area (Å²) < 4.78 is 18.9. The maximum Gasteiger partial charge on any atom is 0.224 e. The molecule has 0 unspecified atom stereocenters. The number of carbonyl (C=O) groups is 1. The van der Waals surface area contributed by atoms with Gasteiger partial charge in [0.25, 0.3) is 0 Å². The normalized spacial score (nSPS) is 14.1. The van der Waals surface area contributed by atoms with Crippen molar-refractivity contribution in [2.24, 2.45) is 0 Å². The molecule has 0 radical (unpaired) electrons. The highest BCUT2D eigenvalue weighted by atomic mass is 19.1. The number of piperidine rings is 1. The van der Waals surface area contributed by atoms with Crippen LogP contribution in [0.3, 0.4) is 0 Å². The van der Waals surface area contributed by atoms with Gasteiger partial charge in [-0.25, -0.2) is 4.39 Å². The number of hydrogen-bond donors (Lipinski definition) is 2. The molecule has 3 aromatic rings. The summed E-state index contributed by atoms with van der Waals surface area (Å²) in [6.07, 6.45) is 3.32. The topological polar surface area (TPSA) is 50.4 Å². The second kappa shape index (κ2) is 11.1. The molecule has 5 heteroatoms. The van der Waals surface area contributed by atoms with Crippen molar-refractivity contribution in [2.45, 2.75) is 38.5 Å². The lowest BCUT2D eigenvalue weighted by Gasteiger charge is -2.25. The molecule has 0 saturated carbocycles. The van der Waals surface area contributed by atoms with Crippen molar-refractivity contribution in [2.75, 3.05) is 25.0 Å². The minimum atomic E-state index is -0.243. The first-order valence-corrected chi connectivity index (χ1v) is 11.7. The van der Waals surface area contributed by atoms with Crippen LogP contribution >= 0.6 is 0 Å². The zero-order valence-electron chi connectivity index (χ0n) is 19.1. The van der Waals surface area contributed by atoms with Gasteiger partial charge in [0.15, 0.2) is 0 Å². The van der Waals surface area contributed by atoms with Gasteiger partial charge in [0, 0.05) is 12.1 Å². The quantitative estimate of drug-likeness (QED) is 0.413. The van der Waals surface area contributed by atoms with Crippen molar-refractivity contribution >= 4 is 11.6 Å². The second-order valence-corrected chi connectivity index (χ2v) is 8.63. The van der Waals surface area contributed by atoms with Crippen LogP contribution in [0.15, 0.2) is 66.7 Å². The molecular weight excluding hydrogens is 415 g/mol. The van der Waals surface area contributed by atoms with Gasteiger partial charge in [-0.3, -0.25) is 4.79 Å². The van der Waals surface area contributed by atoms with E-state index >= 15 is 0 Å². The Morgan fingerprint density at radius 1 is 1.00 bits per heavy atom. The summed E-state index contributed by atoms with van der Waals surface area (Å²) >= 11 is 0. The lowest BCUT2D eigenvalue weighted by molar-refractivity contribution is -0.116. The number of hydrogen-bond acceptors (Lipinski definition) is 3. The molecule has 4 rings (SSSR count). The van der Waals surface area contributed by atoms with E-state index in [0.29, 0.717) is 25.4 Å². The summed E-state index contributed by atoms with van der Waals surface area (Å²) in [5, 5.41) is 6.45. The van der Waals surface area contributed by atoms with Gasteiger partial charge >= 0.3 is 0 Å². The number of anilines is 1. The Hall–Kier alpha value is -3.18. The third-order valence-corrected chi connectivity index (χ3v) is 6.19. The van der Waals surface area contributed by atoms with Crippen LogP contribution in [-0.2, 0) is 4.79 Å². The zero-order chi connectivity index (χ0) is 23.0. The molecule has 0 atom stereocenters. The maximum absolute atomic E-state index is 13.1. The van der Waals surface area contributed by atoms with Crippen molar-refractivity contribution in [3.63, 3.8) is 0 Å². The second-order valence-electron chi connectivity index (χ2n) is 8.63. The Bertz CT molecular complexity index is 1060. The minimum Gasteiger partial charge on any atom is -0.494 e. The van der Waals surface area contributed by atoms with E-state index in [1.54, 1.807) is 12.1 Å². The van der Waals surface area contributed by atoms with E-state index < -0.39 is 0 Å². The fraction of sp³-hybridized carbons (Fsp3) is 0.321. The third-order valence-electron chi connectivity index (χ3n) is 6.19. The molecule has 0 bridgehead atoms. The molecule has 1 aliphatic heterocycles. The summed E-state index contributed by atoms with van der Waals surface area (Å²) in [4.78, 5) is 12.4. The summed E-state index contributed by atoms with van der Waals surface area (Å²) in [5.74, 6) is 1.08. The fourth-order valence-corrected chi connectivity index (χ4v) is 4.32. The summed E-state index contributed by atoms with van der Waals surface area (Å²) in [6.45, 7) is 4.72. The Morgan fingerprint density at radius 2 is 1.67 bits per heavy atom. The summed E-state index contributed by atoms with van der Waals surface area (Å²) in [5.41, 5.74) is 5.47. The molecule has 0 aliphatic carbocycles. The molecule has 1 saturated heterocycles. The largest absolute Gasteiger partial charge is 0.494 e. The summed E-state index contributed by atoms with van der Waals surface area (Å²) in [7, 11) is 0. The summed E-state index contributed by atoms with van der Waals surface area (Å²) in [6, 6.07) is 20.3. The highest BCUT2D eigenvalue weighted by Crippen LogP contribution is 2.30. The number of rotatable bonds is 8. The number of ether oxygens (including phenoxy) is 1. The smallest absolute Gasteiger partial charge is 0.224 e. The first kappa shape index (κ1) is 23.0. The predicted octanol–water partition coefficient (Wildman–Crippen LogP) is 6.07. The number of nitrogens with one attached hydrogen (secondary N) is 2. The molecule has 1 amide bonds. The van der Waals surface area contributed by atoms with E-state index in [4.69, 9.17) is 4.74 Å². The number of amides is 1. The number of benzene rings is 3.